The van der Waals surface area contributed by atoms with Gasteiger partial charge in [-0.05, 0) is 53.9 Å². The maximum Gasteiger partial charge on any atom is 0.260 e. The molecule has 1 saturated heterocycles. The first-order chi connectivity index (χ1) is 18.3. The van der Waals surface area contributed by atoms with E-state index in [0.717, 1.165) is 25.1 Å². The fourth-order valence-corrected chi connectivity index (χ4v) is 6.23. The number of rotatable bonds is 2. The number of benzene rings is 2. The van der Waals surface area contributed by atoms with Crippen LogP contribution in [0.5, 0.6) is 5.75 Å². The normalized spacial score (nSPS) is 24.6. The summed E-state index contributed by atoms with van der Waals surface area (Å²) in [6.07, 6.45) is 1.03. The first-order valence-electron chi connectivity index (χ1n) is 13.7. The number of fused-ring (bicyclic) bond motifs is 2. The molecular formula is C30H39N3O5. The van der Waals surface area contributed by atoms with Crippen LogP contribution in [0.3, 0.4) is 0 Å². The number of likely N-dealkylation sites (tertiary alicyclic amines) is 1. The predicted molar refractivity (Wildman–Crippen MR) is 144 cm³/mol. The summed E-state index contributed by atoms with van der Waals surface area (Å²) in [5.41, 5.74) is 3.05. The number of para-hydroxylation sites is 1. The Kier molecular flexibility index (Phi) is 8.02. The van der Waals surface area contributed by atoms with E-state index < -0.39 is 12.2 Å². The molecule has 8 heteroatoms. The van der Waals surface area contributed by atoms with Gasteiger partial charge in [0.2, 0.25) is 5.91 Å². The quantitative estimate of drug-likeness (QED) is 0.627. The molecule has 204 valence electrons. The minimum absolute atomic E-state index is 0.0776. The van der Waals surface area contributed by atoms with Gasteiger partial charge in [-0.15, -0.1) is 0 Å². The summed E-state index contributed by atoms with van der Waals surface area (Å²) in [5, 5.41) is 21.9. The number of carbonyl (C=O) groups is 2. The fraction of sp³-hybridized carbons (Fsp3) is 0.533. The van der Waals surface area contributed by atoms with Gasteiger partial charge >= 0.3 is 0 Å². The van der Waals surface area contributed by atoms with Crippen molar-refractivity contribution in [2.75, 3.05) is 46.4 Å². The van der Waals surface area contributed by atoms with Crippen molar-refractivity contribution < 1.29 is 24.5 Å². The lowest BCUT2D eigenvalue weighted by Crippen LogP contribution is -2.52. The number of aliphatic hydroxyl groups is 2. The maximum absolute atomic E-state index is 13.2. The highest BCUT2D eigenvalue weighted by molar-refractivity contribution is 5.78. The molecule has 0 radical (unpaired) electrons. The first kappa shape index (κ1) is 26.7. The third kappa shape index (κ3) is 6.03. The monoisotopic (exact) mass is 521 g/mol. The van der Waals surface area contributed by atoms with Crippen molar-refractivity contribution in [3.63, 3.8) is 0 Å². The Morgan fingerprint density at radius 3 is 2.42 bits per heavy atom. The average Bonchev–Trinajstić information content (AvgIpc) is 2.92. The Labute approximate surface area is 224 Å². The second-order valence-corrected chi connectivity index (χ2v) is 11.3. The van der Waals surface area contributed by atoms with Gasteiger partial charge in [0.15, 0.2) is 6.61 Å². The Morgan fingerprint density at radius 1 is 0.974 bits per heavy atom. The van der Waals surface area contributed by atoms with E-state index >= 15 is 0 Å². The van der Waals surface area contributed by atoms with Gasteiger partial charge in [0.1, 0.15) is 5.75 Å². The number of nitrogens with zero attached hydrogens (tertiary/aromatic N) is 3. The van der Waals surface area contributed by atoms with Gasteiger partial charge in [0.05, 0.1) is 18.8 Å². The van der Waals surface area contributed by atoms with Gasteiger partial charge in [-0.2, -0.15) is 0 Å². The van der Waals surface area contributed by atoms with Crippen molar-refractivity contribution in [1.29, 1.82) is 0 Å². The van der Waals surface area contributed by atoms with E-state index in [2.05, 4.69) is 29.2 Å². The molecule has 2 amide bonds. The Hall–Kier alpha value is -2.94. The number of ether oxygens (including phenoxy) is 1. The minimum Gasteiger partial charge on any atom is -0.483 e. The van der Waals surface area contributed by atoms with Gasteiger partial charge in [-0.25, -0.2) is 0 Å². The lowest BCUT2D eigenvalue weighted by atomic mass is 9.72. The molecule has 0 bridgehead atoms. The largest absolute Gasteiger partial charge is 0.483 e. The van der Waals surface area contributed by atoms with Crippen molar-refractivity contribution in [3.8, 4) is 5.75 Å². The first-order valence-corrected chi connectivity index (χ1v) is 13.7. The molecule has 5 rings (SSSR count). The minimum atomic E-state index is -0.946. The summed E-state index contributed by atoms with van der Waals surface area (Å²) in [7, 11) is 1.76. The predicted octanol–water partition coefficient (Wildman–Crippen LogP) is 1.86. The van der Waals surface area contributed by atoms with Crippen molar-refractivity contribution in [2.24, 2.45) is 5.41 Å². The zero-order valence-corrected chi connectivity index (χ0v) is 22.2. The Balaban J connectivity index is 1.24. The molecule has 0 unspecified atom stereocenters. The Morgan fingerprint density at radius 2 is 1.66 bits per heavy atom. The van der Waals surface area contributed by atoms with Crippen molar-refractivity contribution in [1.82, 2.24) is 14.7 Å². The lowest BCUT2D eigenvalue weighted by molar-refractivity contribution is -0.139. The number of carbonyl (C=O) groups excluding carboxylic acids is 2. The number of likely N-dealkylation sites (N-methyl/N-ethyl adjacent to an activating group) is 1. The molecule has 2 aromatic rings. The fourth-order valence-electron chi connectivity index (χ4n) is 6.23. The summed E-state index contributed by atoms with van der Waals surface area (Å²) in [6.45, 7) is 3.60. The molecule has 1 fully saturated rings. The standard InChI is InChI=1S/C30H39N3O5/c1-31-21-30(17-26(35)25(34)16-23-7-4-5-9-27(23)38-20-29(31)37)11-14-33(15-12-30)28(36)19-32-13-10-22-6-2-3-8-24(22)18-32/h2-9,25-26,34-35H,10-21H2,1H3/t25-,26+/m0/s1. The van der Waals surface area contributed by atoms with Crippen LogP contribution in [0.1, 0.15) is 36.0 Å². The van der Waals surface area contributed by atoms with E-state index in [0.29, 0.717) is 51.2 Å². The SMILES string of the molecule is CN1CC2(CCN(C(=O)CN3CCc4ccccc4C3)CC2)C[C@@H](O)[C@@H](O)Cc2ccccc2OCC1=O. The highest BCUT2D eigenvalue weighted by Gasteiger charge is 2.41. The van der Waals surface area contributed by atoms with E-state index in [1.54, 1.807) is 18.0 Å². The molecule has 8 nitrogen and oxygen atoms in total. The summed E-state index contributed by atoms with van der Waals surface area (Å²) in [5.74, 6) is 0.556. The van der Waals surface area contributed by atoms with Crippen LogP contribution in [-0.4, -0.2) is 95.3 Å². The molecule has 3 aliphatic rings. The molecule has 0 aromatic heterocycles. The third-order valence-electron chi connectivity index (χ3n) is 8.58. The average molecular weight is 522 g/mol. The molecule has 38 heavy (non-hydrogen) atoms. The zero-order chi connectivity index (χ0) is 26.7. The number of aliphatic hydroxyl groups excluding tert-OH is 2. The summed E-state index contributed by atoms with van der Waals surface area (Å²) < 4.78 is 5.80. The summed E-state index contributed by atoms with van der Waals surface area (Å²) >= 11 is 0. The van der Waals surface area contributed by atoms with E-state index in [1.165, 1.54) is 11.1 Å². The van der Waals surface area contributed by atoms with Crippen LogP contribution in [0.15, 0.2) is 48.5 Å². The second-order valence-electron chi connectivity index (χ2n) is 11.3. The van der Waals surface area contributed by atoms with Crippen molar-refractivity contribution in [3.05, 3.63) is 65.2 Å². The van der Waals surface area contributed by atoms with Crippen LogP contribution >= 0.6 is 0 Å². The van der Waals surface area contributed by atoms with Crippen LogP contribution in [0.4, 0.5) is 0 Å². The number of amides is 2. The van der Waals surface area contributed by atoms with E-state index in [1.807, 2.05) is 23.1 Å². The van der Waals surface area contributed by atoms with Gasteiger partial charge in [0, 0.05) is 46.2 Å². The summed E-state index contributed by atoms with van der Waals surface area (Å²) in [6, 6.07) is 15.7. The van der Waals surface area contributed by atoms with E-state index in [9.17, 15) is 19.8 Å². The molecule has 3 heterocycles. The van der Waals surface area contributed by atoms with Gasteiger partial charge in [-0.3, -0.25) is 14.5 Å². The van der Waals surface area contributed by atoms with Crippen LogP contribution in [0, 0.1) is 5.41 Å². The zero-order valence-electron chi connectivity index (χ0n) is 22.2. The summed E-state index contributed by atoms with van der Waals surface area (Å²) in [4.78, 5) is 31.9. The van der Waals surface area contributed by atoms with Crippen LogP contribution in [-0.2, 0) is 29.0 Å². The molecular weight excluding hydrogens is 482 g/mol. The number of piperidine rings is 1. The van der Waals surface area contributed by atoms with Gasteiger partial charge in [0.25, 0.3) is 5.91 Å². The van der Waals surface area contributed by atoms with Crippen LogP contribution in [0.2, 0.25) is 0 Å². The molecule has 1 spiro atoms. The molecule has 2 aromatic carbocycles. The smallest absolute Gasteiger partial charge is 0.260 e. The second kappa shape index (κ2) is 11.4. The highest BCUT2D eigenvalue weighted by Crippen LogP contribution is 2.38. The molecule has 0 aliphatic carbocycles. The van der Waals surface area contributed by atoms with E-state index in [-0.39, 0.29) is 30.3 Å². The Bertz CT molecular complexity index is 1150. The van der Waals surface area contributed by atoms with Crippen molar-refractivity contribution >= 4 is 11.8 Å². The molecule has 2 atom stereocenters. The maximum atomic E-state index is 13.2. The van der Waals surface area contributed by atoms with Gasteiger partial charge < -0.3 is 24.7 Å². The topological polar surface area (TPSA) is 93.6 Å². The highest BCUT2D eigenvalue weighted by atomic mass is 16.5. The molecule has 2 N–H and O–H groups in total. The molecule has 3 aliphatic heterocycles. The van der Waals surface area contributed by atoms with Crippen LogP contribution < -0.4 is 4.74 Å². The van der Waals surface area contributed by atoms with Gasteiger partial charge in [-0.1, -0.05) is 42.5 Å². The lowest BCUT2D eigenvalue weighted by Gasteiger charge is -2.45. The third-order valence-corrected chi connectivity index (χ3v) is 8.58. The number of hydrogen-bond acceptors (Lipinski definition) is 6. The number of hydrogen-bond donors (Lipinski definition) is 2. The van der Waals surface area contributed by atoms with Crippen LogP contribution in [0.25, 0.3) is 0 Å². The van der Waals surface area contributed by atoms with E-state index in [4.69, 9.17) is 4.74 Å². The van der Waals surface area contributed by atoms with Crippen molar-refractivity contribution in [2.45, 2.75) is 50.9 Å². The molecule has 0 saturated carbocycles.